The van der Waals surface area contributed by atoms with E-state index in [1.54, 1.807) is 0 Å². The molecule has 0 aromatic heterocycles. The molecule has 0 saturated carbocycles. The van der Waals surface area contributed by atoms with Crippen LogP contribution in [0.2, 0.25) is 0 Å². The molecule has 0 bridgehead atoms. The average molecular weight is 402 g/mol. The minimum Gasteiger partial charge on any atom is -0.406 e. The molecule has 0 unspecified atom stereocenters. The van der Waals surface area contributed by atoms with Crippen molar-refractivity contribution in [1.82, 2.24) is 5.48 Å². The fraction of sp³-hybridized carbons (Fsp3) is 0.0625. The topological polar surface area (TPSA) is 105 Å². The molecule has 0 saturated heterocycles. The Morgan fingerprint density at radius 2 is 1.78 bits per heavy atom. The number of carbonyl (C=O) groups is 1. The Hall–Kier alpha value is -3.05. The zero-order valence-electron chi connectivity index (χ0n) is 13.4. The van der Waals surface area contributed by atoms with E-state index in [-0.39, 0.29) is 10.6 Å². The molecule has 2 aromatic rings. The molecule has 2 rings (SSSR count). The third-order valence-corrected chi connectivity index (χ3v) is 4.42. The lowest BCUT2D eigenvalue weighted by atomic mass is 10.2. The summed E-state index contributed by atoms with van der Waals surface area (Å²) in [5, 5.41) is 8.41. The molecule has 0 aliphatic carbocycles. The Morgan fingerprint density at radius 3 is 2.37 bits per heavy atom. The summed E-state index contributed by atoms with van der Waals surface area (Å²) in [5.74, 6) is -1.28. The Kier molecular flexibility index (Phi) is 6.08. The molecule has 0 spiro atoms. The molecule has 0 radical (unpaired) electrons. The summed E-state index contributed by atoms with van der Waals surface area (Å²) in [7, 11) is -4.02. The summed E-state index contributed by atoms with van der Waals surface area (Å²) in [5.41, 5.74) is 1.80. The van der Waals surface area contributed by atoms with E-state index < -0.39 is 28.0 Å². The lowest BCUT2D eigenvalue weighted by Gasteiger charge is -2.11. The second kappa shape index (κ2) is 8.10. The number of ether oxygens (including phenoxy) is 1. The van der Waals surface area contributed by atoms with Gasteiger partial charge in [-0.1, -0.05) is 12.1 Å². The number of hydrogen-bond acceptors (Lipinski definition) is 5. The lowest BCUT2D eigenvalue weighted by Crippen LogP contribution is -2.17. The number of benzene rings is 2. The number of carbonyl (C=O) groups excluding carboxylic acids is 1. The summed E-state index contributed by atoms with van der Waals surface area (Å²) in [6, 6.07) is 9.71. The first-order valence-corrected chi connectivity index (χ1v) is 8.68. The van der Waals surface area contributed by atoms with Crippen LogP contribution in [-0.2, 0) is 14.8 Å². The van der Waals surface area contributed by atoms with Crippen molar-refractivity contribution in [2.45, 2.75) is 11.3 Å². The number of alkyl halides is 3. The van der Waals surface area contributed by atoms with Gasteiger partial charge >= 0.3 is 6.36 Å². The third kappa shape index (κ3) is 6.31. The van der Waals surface area contributed by atoms with Gasteiger partial charge in [-0.25, -0.2) is 13.9 Å². The highest BCUT2D eigenvalue weighted by molar-refractivity contribution is 7.92. The van der Waals surface area contributed by atoms with Gasteiger partial charge in [0.25, 0.3) is 15.9 Å². The van der Waals surface area contributed by atoms with Gasteiger partial charge in [0.05, 0.1) is 4.90 Å². The minimum absolute atomic E-state index is 0.0325. The lowest BCUT2D eigenvalue weighted by molar-refractivity contribution is -0.274. The predicted molar refractivity (Wildman–Crippen MR) is 89.3 cm³/mol. The van der Waals surface area contributed by atoms with E-state index in [9.17, 15) is 26.4 Å². The van der Waals surface area contributed by atoms with Crippen LogP contribution in [0.15, 0.2) is 59.5 Å². The molecule has 27 heavy (non-hydrogen) atoms. The highest BCUT2D eigenvalue weighted by Crippen LogP contribution is 2.25. The highest BCUT2D eigenvalue weighted by Gasteiger charge is 2.31. The van der Waals surface area contributed by atoms with Crippen LogP contribution in [0.4, 0.5) is 18.9 Å². The maximum atomic E-state index is 12.4. The smallest absolute Gasteiger partial charge is 0.406 e. The van der Waals surface area contributed by atoms with Gasteiger partial charge in [0, 0.05) is 11.8 Å². The number of amides is 1. The number of hydrogen-bond donors (Lipinski definition) is 3. The van der Waals surface area contributed by atoms with Crippen molar-refractivity contribution in [3.63, 3.8) is 0 Å². The summed E-state index contributed by atoms with van der Waals surface area (Å²) in [4.78, 5) is 10.8. The van der Waals surface area contributed by atoms with Crippen LogP contribution in [0.5, 0.6) is 5.75 Å². The van der Waals surface area contributed by atoms with Crippen molar-refractivity contribution in [2.75, 3.05) is 4.72 Å². The zero-order chi connectivity index (χ0) is 20.1. The second-order valence-electron chi connectivity index (χ2n) is 5.06. The summed E-state index contributed by atoms with van der Waals surface area (Å²) in [6.45, 7) is 0. The van der Waals surface area contributed by atoms with Crippen LogP contribution in [-0.4, -0.2) is 25.9 Å². The number of anilines is 1. The molecule has 1 amide bonds. The molecule has 0 heterocycles. The molecule has 144 valence electrons. The maximum Gasteiger partial charge on any atom is 0.573 e. The van der Waals surface area contributed by atoms with Gasteiger partial charge in [0.15, 0.2) is 0 Å². The number of rotatable bonds is 6. The van der Waals surface area contributed by atoms with Gasteiger partial charge < -0.3 is 4.74 Å². The predicted octanol–water partition coefficient (Wildman–Crippen LogP) is 2.90. The van der Waals surface area contributed by atoms with Gasteiger partial charge in [0.2, 0.25) is 0 Å². The first-order valence-electron chi connectivity index (χ1n) is 7.20. The standard InChI is InChI=1S/C16H13F3N2O5S/c17-16(18,19)26-13-7-5-12(6-8-13)21-27(24,25)14-3-1-2-11(10-14)4-9-15(22)20-23/h1-10,21,23H,(H,20,22)/b9-4+. The number of halogens is 3. The molecule has 0 aliphatic rings. The van der Waals surface area contributed by atoms with E-state index in [1.165, 1.54) is 35.8 Å². The number of nitrogens with one attached hydrogen (secondary N) is 2. The molecule has 0 atom stereocenters. The molecule has 11 heteroatoms. The van der Waals surface area contributed by atoms with Gasteiger partial charge in [-0.3, -0.25) is 14.7 Å². The van der Waals surface area contributed by atoms with Crippen molar-refractivity contribution in [3.05, 3.63) is 60.2 Å². The number of hydroxylamine groups is 1. The van der Waals surface area contributed by atoms with Crippen molar-refractivity contribution in [1.29, 1.82) is 0 Å². The van der Waals surface area contributed by atoms with Crippen LogP contribution >= 0.6 is 0 Å². The van der Waals surface area contributed by atoms with Gasteiger partial charge in [-0.2, -0.15) is 0 Å². The quantitative estimate of drug-likeness (QED) is 0.392. The van der Waals surface area contributed by atoms with E-state index in [1.807, 2.05) is 0 Å². The molecule has 3 N–H and O–H groups in total. The molecule has 2 aromatic carbocycles. The average Bonchev–Trinajstić information content (AvgIpc) is 2.60. The van der Waals surface area contributed by atoms with Crippen LogP contribution in [0.25, 0.3) is 6.08 Å². The molecule has 0 fully saturated rings. The Bertz CT molecular complexity index is 941. The van der Waals surface area contributed by atoms with Crippen LogP contribution in [0.1, 0.15) is 5.56 Å². The van der Waals surface area contributed by atoms with Crippen molar-refractivity contribution >= 4 is 27.7 Å². The van der Waals surface area contributed by atoms with Gasteiger partial charge in [-0.15, -0.1) is 13.2 Å². The Labute approximate surface area is 152 Å². The molecular formula is C16H13F3N2O5S. The van der Waals surface area contributed by atoms with Crippen molar-refractivity contribution in [3.8, 4) is 5.75 Å². The largest absolute Gasteiger partial charge is 0.573 e. The summed E-state index contributed by atoms with van der Waals surface area (Å²) in [6.07, 6.45) is -2.56. The van der Waals surface area contributed by atoms with E-state index in [2.05, 4.69) is 9.46 Å². The van der Waals surface area contributed by atoms with E-state index >= 15 is 0 Å². The Balaban J connectivity index is 2.17. The SMILES string of the molecule is O=C(/C=C/c1cccc(S(=O)(=O)Nc2ccc(OC(F)(F)F)cc2)c1)NO. The first-order chi connectivity index (χ1) is 12.6. The van der Waals surface area contributed by atoms with E-state index in [0.29, 0.717) is 5.56 Å². The van der Waals surface area contributed by atoms with E-state index in [0.717, 1.165) is 30.3 Å². The van der Waals surface area contributed by atoms with Gasteiger partial charge in [0.1, 0.15) is 5.75 Å². The monoisotopic (exact) mass is 402 g/mol. The van der Waals surface area contributed by atoms with Gasteiger partial charge in [-0.05, 0) is 48.0 Å². The van der Waals surface area contributed by atoms with Crippen LogP contribution in [0.3, 0.4) is 0 Å². The third-order valence-electron chi connectivity index (χ3n) is 3.05. The Morgan fingerprint density at radius 1 is 1.11 bits per heavy atom. The van der Waals surface area contributed by atoms with Crippen molar-refractivity contribution < 1.29 is 36.3 Å². The molecule has 0 aliphatic heterocycles. The molecular weight excluding hydrogens is 389 g/mol. The first kappa shape index (κ1) is 20.3. The maximum absolute atomic E-state index is 12.4. The highest BCUT2D eigenvalue weighted by atomic mass is 32.2. The fourth-order valence-corrected chi connectivity index (χ4v) is 3.05. The summed E-state index contributed by atoms with van der Waals surface area (Å²) >= 11 is 0. The normalized spacial score (nSPS) is 12.0. The fourth-order valence-electron chi connectivity index (χ4n) is 1.93. The van der Waals surface area contributed by atoms with Crippen molar-refractivity contribution in [2.24, 2.45) is 0 Å². The number of sulfonamides is 1. The molecule has 7 nitrogen and oxygen atoms in total. The van der Waals surface area contributed by atoms with Crippen LogP contribution < -0.4 is 14.9 Å². The summed E-state index contributed by atoms with van der Waals surface area (Å²) < 4.78 is 67.1. The van der Waals surface area contributed by atoms with E-state index in [4.69, 9.17) is 5.21 Å². The minimum atomic E-state index is -4.85. The zero-order valence-corrected chi connectivity index (χ0v) is 14.2. The second-order valence-corrected chi connectivity index (χ2v) is 6.74. The van der Waals surface area contributed by atoms with Crippen LogP contribution in [0, 0.1) is 0 Å².